The summed E-state index contributed by atoms with van der Waals surface area (Å²) in [5.41, 5.74) is 0.838. The summed E-state index contributed by atoms with van der Waals surface area (Å²) >= 11 is 0. The van der Waals surface area contributed by atoms with E-state index in [0.717, 1.165) is 25.7 Å². The lowest BCUT2D eigenvalue weighted by Gasteiger charge is -2.14. The van der Waals surface area contributed by atoms with E-state index in [2.05, 4.69) is 10.6 Å². The number of benzene rings is 1. The van der Waals surface area contributed by atoms with Crippen LogP contribution in [0.25, 0.3) is 0 Å². The predicted octanol–water partition coefficient (Wildman–Crippen LogP) is 1.95. The molecule has 1 unspecified atom stereocenters. The second-order valence-electron chi connectivity index (χ2n) is 5.83. The van der Waals surface area contributed by atoms with Gasteiger partial charge in [0, 0.05) is 17.2 Å². The Morgan fingerprint density at radius 2 is 1.70 bits per heavy atom. The summed E-state index contributed by atoms with van der Waals surface area (Å²) in [6.45, 7) is 1.96. The topological polar surface area (TPSA) is 95.5 Å². The Kier molecular flexibility index (Phi) is 5.73. The monoisotopic (exact) mass is 318 g/mol. The van der Waals surface area contributed by atoms with Crippen molar-refractivity contribution in [3.8, 4) is 0 Å². The molecule has 1 atom stereocenters. The van der Waals surface area contributed by atoms with Crippen molar-refractivity contribution in [2.45, 2.75) is 51.1 Å². The predicted molar refractivity (Wildman–Crippen MR) is 85.3 cm³/mol. The maximum absolute atomic E-state index is 12.1. The van der Waals surface area contributed by atoms with Crippen LogP contribution in [0, 0.1) is 0 Å². The van der Waals surface area contributed by atoms with E-state index in [4.69, 9.17) is 5.11 Å². The Morgan fingerprint density at radius 1 is 1.13 bits per heavy atom. The molecule has 6 heteroatoms. The first-order chi connectivity index (χ1) is 11.0. The summed E-state index contributed by atoms with van der Waals surface area (Å²) in [7, 11) is 0. The van der Waals surface area contributed by atoms with Gasteiger partial charge in [0.15, 0.2) is 0 Å². The Morgan fingerprint density at radius 3 is 2.17 bits per heavy atom. The fraction of sp³-hybridized carbons (Fsp3) is 0.471. The summed E-state index contributed by atoms with van der Waals surface area (Å²) in [4.78, 5) is 35.1. The highest BCUT2D eigenvalue weighted by Crippen LogP contribution is 2.19. The van der Waals surface area contributed by atoms with Gasteiger partial charge in [-0.3, -0.25) is 9.59 Å². The number of carbonyl (C=O) groups is 3. The molecule has 0 saturated heterocycles. The summed E-state index contributed by atoms with van der Waals surface area (Å²) < 4.78 is 0. The standard InChI is InChI=1S/C17H22N2O4/c1-2-3-4-14(17(22)23)19-16(21)12-7-5-11(6-8-12)15(20)18-13-9-10-13/h5-8,13-14H,2-4,9-10H2,1H3,(H,18,20)(H,19,21)(H,22,23). The number of aliphatic carboxylic acids is 1. The van der Waals surface area contributed by atoms with E-state index in [-0.39, 0.29) is 11.9 Å². The van der Waals surface area contributed by atoms with Gasteiger partial charge in [0.05, 0.1) is 0 Å². The Hall–Kier alpha value is -2.37. The van der Waals surface area contributed by atoms with Gasteiger partial charge in [-0.25, -0.2) is 4.79 Å². The van der Waals surface area contributed by atoms with Crippen molar-refractivity contribution in [2.24, 2.45) is 0 Å². The molecule has 1 aliphatic rings. The average Bonchev–Trinajstić information content (AvgIpc) is 3.35. The van der Waals surface area contributed by atoms with E-state index < -0.39 is 17.9 Å². The van der Waals surface area contributed by atoms with Crippen LogP contribution in [0.4, 0.5) is 0 Å². The van der Waals surface area contributed by atoms with E-state index in [1.807, 2.05) is 6.92 Å². The van der Waals surface area contributed by atoms with Gasteiger partial charge in [0.1, 0.15) is 6.04 Å². The number of unbranched alkanes of at least 4 members (excludes halogenated alkanes) is 1. The zero-order valence-electron chi connectivity index (χ0n) is 13.2. The van der Waals surface area contributed by atoms with Crippen LogP contribution in [0.1, 0.15) is 59.7 Å². The fourth-order valence-corrected chi connectivity index (χ4v) is 2.18. The van der Waals surface area contributed by atoms with Gasteiger partial charge < -0.3 is 15.7 Å². The smallest absolute Gasteiger partial charge is 0.326 e. The summed E-state index contributed by atoms with van der Waals surface area (Å²) in [6.07, 6.45) is 4.03. The number of carbonyl (C=O) groups excluding carboxylic acids is 2. The lowest BCUT2D eigenvalue weighted by molar-refractivity contribution is -0.139. The molecule has 0 spiro atoms. The van der Waals surface area contributed by atoms with Crippen LogP contribution in [0.2, 0.25) is 0 Å². The van der Waals surface area contributed by atoms with Crippen molar-refractivity contribution in [1.82, 2.24) is 10.6 Å². The van der Waals surface area contributed by atoms with E-state index >= 15 is 0 Å². The maximum Gasteiger partial charge on any atom is 0.326 e. The highest BCUT2D eigenvalue weighted by atomic mass is 16.4. The van der Waals surface area contributed by atoms with Crippen LogP contribution in [-0.2, 0) is 4.79 Å². The van der Waals surface area contributed by atoms with Crippen molar-refractivity contribution in [3.63, 3.8) is 0 Å². The van der Waals surface area contributed by atoms with Gasteiger partial charge in [-0.15, -0.1) is 0 Å². The molecule has 124 valence electrons. The molecule has 6 nitrogen and oxygen atoms in total. The molecule has 1 fully saturated rings. The molecule has 0 aliphatic heterocycles. The Labute approximate surface area is 135 Å². The molecule has 0 aromatic heterocycles. The molecule has 1 aromatic carbocycles. The zero-order chi connectivity index (χ0) is 16.8. The van der Waals surface area contributed by atoms with E-state index in [1.54, 1.807) is 12.1 Å². The van der Waals surface area contributed by atoms with Crippen LogP contribution in [0.15, 0.2) is 24.3 Å². The van der Waals surface area contributed by atoms with Crippen LogP contribution in [-0.4, -0.2) is 35.0 Å². The third kappa shape index (κ3) is 5.09. The minimum atomic E-state index is -1.03. The number of amides is 2. The van der Waals surface area contributed by atoms with E-state index in [9.17, 15) is 14.4 Å². The van der Waals surface area contributed by atoms with E-state index in [0.29, 0.717) is 17.5 Å². The van der Waals surface area contributed by atoms with Crippen LogP contribution >= 0.6 is 0 Å². The highest BCUT2D eigenvalue weighted by molar-refractivity contribution is 5.99. The first-order valence-corrected chi connectivity index (χ1v) is 7.96. The molecule has 1 aliphatic carbocycles. The molecular formula is C17H22N2O4. The largest absolute Gasteiger partial charge is 0.480 e. The van der Waals surface area contributed by atoms with E-state index in [1.165, 1.54) is 12.1 Å². The number of rotatable bonds is 8. The normalized spacial score (nSPS) is 14.8. The molecule has 0 radical (unpaired) electrons. The molecule has 1 aromatic rings. The third-order valence-electron chi connectivity index (χ3n) is 3.77. The Balaban J connectivity index is 1.95. The van der Waals surface area contributed by atoms with Gasteiger partial charge in [-0.2, -0.15) is 0 Å². The summed E-state index contributed by atoms with van der Waals surface area (Å²) in [5, 5.41) is 14.5. The minimum Gasteiger partial charge on any atom is -0.480 e. The Bertz CT molecular complexity index is 579. The number of hydrogen-bond donors (Lipinski definition) is 3. The lowest BCUT2D eigenvalue weighted by atomic mass is 10.1. The second kappa shape index (κ2) is 7.76. The lowest BCUT2D eigenvalue weighted by Crippen LogP contribution is -2.40. The first-order valence-electron chi connectivity index (χ1n) is 7.96. The average molecular weight is 318 g/mol. The molecule has 3 N–H and O–H groups in total. The molecule has 2 rings (SSSR count). The maximum atomic E-state index is 12.1. The van der Waals surface area contributed by atoms with Crippen molar-refractivity contribution in [1.29, 1.82) is 0 Å². The van der Waals surface area contributed by atoms with Gasteiger partial charge >= 0.3 is 5.97 Å². The quantitative estimate of drug-likeness (QED) is 0.682. The van der Waals surface area contributed by atoms with Crippen molar-refractivity contribution in [3.05, 3.63) is 35.4 Å². The highest BCUT2D eigenvalue weighted by Gasteiger charge is 2.24. The van der Waals surface area contributed by atoms with Crippen molar-refractivity contribution >= 4 is 17.8 Å². The SMILES string of the molecule is CCCCC(NC(=O)c1ccc(C(=O)NC2CC2)cc1)C(=O)O. The minimum absolute atomic E-state index is 0.147. The van der Waals surface area contributed by atoms with Crippen molar-refractivity contribution in [2.75, 3.05) is 0 Å². The van der Waals surface area contributed by atoms with Gasteiger partial charge in [0.2, 0.25) is 0 Å². The molecule has 0 heterocycles. The number of nitrogens with one attached hydrogen (secondary N) is 2. The molecule has 23 heavy (non-hydrogen) atoms. The van der Waals surface area contributed by atoms with Crippen LogP contribution < -0.4 is 10.6 Å². The molecule has 2 amide bonds. The van der Waals surface area contributed by atoms with Gasteiger partial charge in [-0.05, 0) is 43.5 Å². The number of hydrogen-bond acceptors (Lipinski definition) is 3. The van der Waals surface area contributed by atoms with Crippen LogP contribution in [0.3, 0.4) is 0 Å². The van der Waals surface area contributed by atoms with Crippen molar-refractivity contribution < 1.29 is 19.5 Å². The molecule has 1 saturated carbocycles. The van der Waals surface area contributed by atoms with Crippen LogP contribution in [0.5, 0.6) is 0 Å². The number of carboxylic acids is 1. The summed E-state index contributed by atoms with van der Waals surface area (Å²) in [6, 6.07) is 5.62. The fourth-order valence-electron chi connectivity index (χ4n) is 2.18. The third-order valence-corrected chi connectivity index (χ3v) is 3.77. The zero-order valence-corrected chi connectivity index (χ0v) is 13.2. The van der Waals surface area contributed by atoms with Gasteiger partial charge in [0.25, 0.3) is 11.8 Å². The van der Waals surface area contributed by atoms with Gasteiger partial charge in [-0.1, -0.05) is 19.8 Å². The molecular weight excluding hydrogens is 296 g/mol. The molecule has 0 bridgehead atoms. The summed E-state index contributed by atoms with van der Waals surface area (Å²) in [5.74, 6) is -1.62. The second-order valence-corrected chi connectivity index (χ2v) is 5.83. The number of carboxylic acid groups (broad SMARTS) is 1. The first kappa shape index (κ1) is 17.0.